The number of nitrogens with zero attached hydrogens (tertiary/aromatic N) is 1. The molecule has 1 amide bonds. The molecular weight excluding hydrogens is 364 g/mol. The number of aromatic nitrogens is 2. The van der Waals surface area contributed by atoms with Crippen LogP contribution in [0.1, 0.15) is 21.7 Å². The Labute approximate surface area is 141 Å². The summed E-state index contributed by atoms with van der Waals surface area (Å²) in [5.41, 5.74) is -1.69. The Morgan fingerprint density at radius 1 is 0.962 bits per heavy atom. The van der Waals surface area contributed by atoms with Crippen LogP contribution in [0.5, 0.6) is 0 Å². The van der Waals surface area contributed by atoms with E-state index in [9.17, 15) is 31.1 Å². The summed E-state index contributed by atoms with van der Waals surface area (Å²) < 4.78 is 76.8. The summed E-state index contributed by atoms with van der Waals surface area (Å²) in [4.78, 5) is 17.6. The maximum Gasteiger partial charge on any atom is 0.449 e. The van der Waals surface area contributed by atoms with Crippen molar-refractivity contribution in [2.45, 2.75) is 12.4 Å². The van der Waals surface area contributed by atoms with Crippen molar-refractivity contribution in [2.75, 3.05) is 5.32 Å². The number of rotatable bonds is 2. The van der Waals surface area contributed by atoms with Gasteiger partial charge >= 0.3 is 12.4 Å². The van der Waals surface area contributed by atoms with Crippen LogP contribution in [0.2, 0.25) is 0 Å². The maximum absolute atomic E-state index is 13.0. The monoisotopic (exact) mass is 373 g/mol. The molecular formula is C16H9F6N3O. The van der Waals surface area contributed by atoms with E-state index in [1.165, 1.54) is 18.2 Å². The molecule has 0 spiro atoms. The third-order valence-corrected chi connectivity index (χ3v) is 3.49. The predicted molar refractivity (Wildman–Crippen MR) is 80.5 cm³/mol. The Morgan fingerprint density at radius 2 is 1.65 bits per heavy atom. The van der Waals surface area contributed by atoms with Crippen molar-refractivity contribution in [2.24, 2.45) is 0 Å². The van der Waals surface area contributed by atoms with E-state index in [0.29, 0.717) is 0 Å². The van der Waals surface area contributed by atoms with Gasteiger partial charge in [0.25, 0.3) is 5.91 Å². The normalized spacial score (nSPS) is 12.4. The Bertz CT molecular complexity index is 974. The number of nitrogens with one attached hydrogen (secondary N) is 2. The van der Waals surface area contributed by atoms with Crippen molar-refractivity contribution >= 4 is 22.6 Å². The average Bonchev–Trinajstić information content (AvgIpc) is 2.97. The molecule has 136 valence electrons. The molecule has 1 aromatic heterocycles. The lowest BCUT2D eigenvalue weighted by Crippen LogP contribution is -2.18. The fourth-order valence-corrected chi connectivity index (χ4v) is 2.35. The smallest absolute Gasteiger partial charge is 0.334 e. The number of halogens is 6. The van der Waals surface area contributed by atoms with Crippen LogP contribution in [0.3, 0.4) is 0 Å². The summed E-state index contributed by atoms with van der Waals surface area (Å²) in [5, 5.41) is 2.24. The van der Waals surface area contributed by atoms with Gasteiger partial charge < -0.3 is 10.3 Å². The third-order valence-electron chi connectivity index (χ3n) is 3.49. The van der Waals surface area contributed by atoms with Crippen LogP contribution in [-0.2, 0) is 12.4 Å². The van der Waals surface area contributed by atoms with Crippen LogP contribution < -0.4 is 5.32 Å². The lowest BCUT2D eigenvalue weighted by atomic mass is 10.1. The molecule has 0 radical (unpaired) electrons. The van der Waals surface area contributed by atoms with Gasteiger partial charge in [0.05, 0.1) is 22.2 Å². The van der Waals surface area contributed by atoms with Crippen molar-refractivity contribution in [3.8, 4) is 0 Å². The molecule has 0 bridgehead atoms. The first-order valence-corrected chi connectivity index (χ1v) is 7.10. The number of aromatic amines is 1. The standard InChI is InChI=1S/C16H9F6N3O/c17-15(18,19)10-4-2-1-3-9(10)13(26)23-8-5-6-11-12(7-8)25-14(24-11)16(20,21)22/h1-7H,(H,23,26)(H,24,25). The molecule has 0 aliphatic heterocycles. The van der Waals surface area contributed by atoms with E-state index in [1.54, 1.807) is 0 Å². The van der Waals surface area contributed by atoms with Gasteiger partial charge in [-0.1, -0.05) is 12.1 Å². The van der Waals surface area contributed by atoms with E-state index in [-0.39, 0.29) is 16.7 Å². The number of hydrogen-bond donors (Lipinski definition) is 2. The highest BCUT2D eigenvalue weighted by Gasteiger charge is 2.35. The van der Waals surface area contributed by atoms with E-state index >= 15 is 0 Å². The zero-order valence-electron chi connectivity index (χ0n) is 12.7. The van der Waals surface area contributed by atoms with E-state index < -0.39 is 35.2 Å². The number of hydrogen-bond acceptors (Lipinski definition) is 2. The molecule has 0 atom stereocenters. The summed E-state index contributed by atoms with van der Waals surface area (Å²) in [7, 11) is 0. The van der Waals surface area contributed by atoms with Gasteiger partial charge in [0.2, 0.25) is 5.82 Å². The number of H-pyrrole nitrogens is 1. The molecule has 3 aromatic rings. The minimum atomic E-state index is -4.72. The molecule has 0 saturated carbocycles. The predicted octanol–water partition coefficient (Wildman–Crippen LogP) is 4.85. The summed E-state index contributed by atoms with van der Waals surface area (Å²) in [6.45, 7) is 0. The van der Waals surface area contributed by atoms with Crippen LogP contribution in [-0.4, -0.2) is 15.9 Å². The first-order valence-electron chi connectivity index (χ1n) is 7.10. The first-order chi connectivity index (χ1) is 12.1. The van der Waals surface area contributed by atoms with Crippen LogP contribution in [0.4, 0.5) is 32.0 Å². The number of imidazole rings is 1. The molecule has 0 fully saturated rings. The molecule has 1 heterocycles. The van der Waals surface area contributed by atoms with E-state index in [4.69, 9.17) is 0 Å². The van der Waals surface area contributed by atoms with Gasteiger partial charge in [-0.25, -0.2) is 4.98 Å². The quantitative estimate of drug-likeness (QED) is 0.631. The van der Waals surface area contributed by atoms with Crippen molar-refractivity contribution in [1.82, 2.24) is 9.97 Å². The topological polar surface area (TPSA) is 57.8 Å². The second-order valence-corrected chi connectivity index (χ2v) is 5.31. The van der Waals surface area contributed by atoms with Crippen molar-refractivity contribution in [3.63, 3.8) is 0 Å². The van der Waals surface area contributed by atoms with Gasteiger partial charge in [-0.15, -0.1) is 0 Å². The molecule has 3 rings (SSSR count). The molecule has 0 unspecified atom stereocenters. The number of anilines is 1. The highest BCUT2D eigenvalue weighted by atomic mass is 19.4. The van der Waals surface area contributed by atoms with Gasteiger partial charge in [-0.3, -0.25) is 4.79 Å². The molecule has 0 aliphatic carbocycles. The van der Waals surface area contributed by atoms with Gasteiger partial charge in [0.15, 0.2) is 0 Å². The number of benzene rings is 2. The van der Waals surface area contributed by atoms with E-state index in [2.05, 4.69) is 15.3 Å². The second kappa shape index (κ2) is 6.04. The minimum absolute atomic E-state index is 0.00557. The van der Waals surface area contributed by atoms with Gasteiger partial charge in [0.1, 0.15) is 0 Å². The molecule has 2 aromatic carbocycles. The van der Waals surface area contributed by atoms with Crippen molar-refractivity contribution < 1.29 is 31.1 Å². The van der Waals surface area contributed by atoms with Crippen molar-refractivity contribution in [3.05, 3.63) is 59.4 Å². The van der Waals surface area contributed by atoms with Gasteiger partial charge in [-0.2, -0.15) is 26.3 Å². The van der Waals surface area contributed by atoms with Crippen LogP contribution in [0.25, 0.3) is 11.0 Å². The Hall–Kier alpha value is -3.04. The molecule has 0 aliphatic rings. The van der Waals surface area contributed by atoms with Crippen LogP contribution in [0.15, 0.2) is 42.5 Å². The van der Waals surface area contributed by atoms with E-state index in [1.807, 2.05) is 0 Å². The number of carbonyl (C=O) groups is 1. The highest BCUT2D eigenvalue weighted by molar-refractivity contribution is 6.06. The lowest BCUT2D eigenvalue weighted by Gasteiger charge is -2.12. The summed E-state index contributed by atoms with van der Waals surface area (Å²) in [5.74, 6) is -2.24. The number of alkyl halides is 6. The van der Waals surface area contributed by atoms with E-state index in [0.717, 1.165) is 24.3 Å². The lowest BCUT2D eigenvalue weighted by molar-refractivity contribution is -0.144. The zero-order chi connectivity index (χ0) is 19.1. The highest BCUT2D eigenvalue weighted by Crippen LogP contribution is 2.32. The largest absolute Gasteiger partial charge is 0.449 e. The van der Waals surface area contributed by atoms with Crippen molar-refractivity contribution in [1.29, 1.82) is 0 Å². The third kappa shape index (κ3) is 3.48. The Kier molecular flexibility index (Phi) is 4.13. The van der Waals surface area contributed by atoms with Gasteiger partial charge in [0, 0.05) is 5.69 Å². The number of carbonyl (C=O) groups excluding carboxylic acids is 1. The second-order valence-electron chi connectivity index (χ2n) is 5.31. The molecule has 2 N–H and O–H groups in total. The minimum Gasteiger partial charge on any atom is -0.334 e. The summed E-state index contributed by atoms with van der Waals surface area (Å²) >= 11 is 0. The molecule has 4 nitrogen and oxygen atoms in total. The first kappa shape index (κ1) is 17.8. The Morgan fingerprint density at radius 3 is 2.31 bits per heavy atom. The summed E-state index contributed by atoms with van der Waals surface area (Å²) in [6, 6.07) is 7.82. The van der Waals surface area contributed by atoms with Crippen LogP contribution in [0, 0.1) is 0 Å². The zero-order valence-corrected chi connectivity index (χ0v) is 12.7. The Balaban J connectivity index is 1.91. The summed E-state index contributed by atoms with van der Waals surface area (Å²) in [6.07, 6.45) is -9.39. The molecule has 0 saturated heterocycles. The van der Waals surface area contributed by atoms with Crippen LogP contribution >= 0.6 is 0 Å². The molecule has 10 heteroatoms. The fourth-order valence-electron chi connectivity index (χ4n) is 2.35. The maximum atomic E-state index is 13.0. The SMILES string of the molecule is O=C(Nc1ccc2nc(C(F)(F)F)[nH]c2c1)c1ccccc1C(F)(F)F. The average molecular weight is 373 g/mol. The van der Waals surface area contributed by atoms with Gasteiger partial charge in [-0.05, 0) is 30.3 Å². The number of amides is 1. The fraction of sp³-hybridized carbons (Fsp3) is 0.125. The number of fused-ring (bicyclic) bond motifs is 1. The molecule has 26 heavy (non-hydrogen) atoms.